The summed E-state index contributed by atoms with van der Waals surface area (Å²) >= 11 is 5.95. The first kappa shape index (κ1) is 17.9. The zero-order valence-corrected chi connectivity index (χ0v) is 14.9. The zero-order chi connectivity index (χ0) is 16.9. The van der Waals surface area contributed by atoms with E-state index in [1.807, 2.05) is 13.0 Å². The van der Waals surface area contributed by atoms with Gasteiger partial charge in [0.15, 0.2) is 15.8 Å². The van der Waals surface area contributed by atoms with Crippen molar-refractivity contribution in [2.24, 2.45) is 4.99 Å². The largest absolute Gasteiger partial charge is 0.496 e. The van der Waals surface area contributed by atoms with E-state index in [0.717, 1.165) is 5.56 Å². The molecule has 0 aromatic heterocycles. The van der Waals surface area contributed by atoms with Crippen LogP contribution in [0.3, 0.4) is 0 Å². The smallest absolute Gasteiger partial charge is 0.191 e. The lowest BCUT2D eigenvalue weighted by molar-refractivity contribution is 0.410. The van der Waals surface area contributed by atoms with E-state index in [9.17, 15) is 8.42 Å². The van der Waals surface area contributed by atoms with Gasteiger partial charge in [0.2, 0.25) is 0 Å². The van der Waals surface area contributed by atoms with Crippen LogP contribution in [0.25, 0.3) is 0 Å². The second-order valence-electron chi connectivity index (χ2n) is 5.40. The standard InChI is InChI=1S/C15H22ClN3O3S/c1-3-17-15(19-13-6-7-23(20,21)10-13)18-9-11-4-5-12(16)8-14(11)22-2/h4-5,8,13H,3,6-7,9-10H2,1-2H3,(H2,17,18,19). The first-order valence-corrected chi connectivity index (χ1v) is 9.71. The SMILES string of the molecule is CCNC(=NCc1ccc(Cl)cc1OC)NC1CCS(=O)(=O)C1. The summed E-state index contributed by atoms with van der Waals surface area (Å²) in [6, 6.07) is 5.31. The highest BCUT2D eigenvalue weighted by Crippen LogP contribution is 2.23. The molecule has 1 aromatic carbocycles. The molecule has 0 radical (unpaired) electrons. The lowest BCUT2D eigenvalue weighted by Gasteiger charge is -2.16. The number of guanidine groups is 1. The predicted octanol–water partition coefficient (Wildman–Crippen LogP) is 1.59. The van der Waals surface area contributed by atoms with E-state index in [1.54, 1.807) is 19.2 Å². The zero-order valence-electron chi connectivity index (χ0n) is 13.3. The molecule has 0 aliphatic carbocycles. The van der Waals surface area contributed by atoms with Gasteiger partial charge >= 0.3 is 0 Å². The molecule has 8 heteroatoms. The molecular formula is C15H22ClN3O3S. The maximum absolute atomic E-state index is 11.5. The van der Waals surface area contributed by atoms with Gasteiger partial charge in [0, 0.05) is 23.2 Å². The topological polar surface area (TPSA) is 79.8 Å². The van der Waals surface area contributed by atoms with Crippen LogP contribution in [0, 0.1) is 0 Å². The number of benzene rings is 1. The Labute approximate surface area is 142 Å². The highest BCUT2D eigenvalue weighted by atomic mass is 35.5. The average Bonchev–Trinajstić information content (AvgIpc) is 2.84. The maximum atomic E-state index is 11.5. The fraction of sp³-hybridized carbons (Fsp3) is 0.533. The molecule has 23 heavy (non-hydrogen) atoms. The Morgan fingerprint density at radius 2 is 2.26 bits per heavy atom. The minimum Gasteiger partial charge on any atom is -0.496 e. The van der Waals surface area contributed by atoms with Crippen LogP contribution in [-0.4, -0.2) is 45.6 Å². The van der Waals surface area contributed by atoms with Crippen molar-refractivity contribution >= 4 is 27.4 Å². The van der Waals surface area contributed by atoms with Gasteiger partial charge in [-0.05, 0) is 25.5 Å². The highest BCUT2D eigenvalue weighted by Gasteiger charge is 2.28. The summed E-state index contributed by atoms with van der Waals surface area (Å²) in [6.07, 6.45) is 0.608. The molecule has 1 aromatic rings. The van der Waals surface area contributed by atoms with Gasteiger partial charge in [-0.15, -0.1) is 0 Å². The number of hydrogen-bond acceptors (Lipinski definition) is 4. The summed E-state index contributed by atoms with van der Waals surface area (Å²) in [5.41, 5.74) is 0.910. The van der Waals surface area contributed by atoms with Crippen molar-refractivity contribution in [1.82, 2.24) is 10.6 Å². The molecule has 0 bridgehead atoms. The monoisotopic (exact) mass is 359 g/mol. The molecule has 1 fully saturated rings. The summed E-state index contributed by atoms with van der Waals surface area (Å²) in [5, 5.41) is 6.92. The van der Waals surface area contributed by atoms with Crippen LogP contribution < -0.4 is 15.4 Å². The van der Waals surface area contributed by atoms with Crippen LogP contribution in [0.15, 0.2) is 23.2 Å². The van der Waals surface area contributed by atoms with E-state index < -0.39 is 9.84 Å². The average molecular weight is 360 g/mol. The number of hydrogen-bond donors (Lipinski definition) is 2. The number of rotatable bonds is 5. The third-order valence-corrected chi connectivity index (χ3v) is 5.58. The Morgan fingerprint density at radius 3 is 2.87 bits per heavy atom. The van der Waals surface area contributed by atoms with Crippen molar-refractivity contribution < 1.29 is 13.2 Å². The fourth-order valence-electron chi connectivity index (χ4n) is 2.44. The van der Waals surface area contributed by atoms with Crippen molar-refractivity contribution in [3.63, 3.8) is 0 Å². The molecule has 128 valence electrons. The van der Waals surface area contributed by atoms with Crippen molar-refractivity contribution in [2.45, 2.75) is 25.9 Å². The summed E-state index contributed by atoms with van der Waals surface area (Å²) in [4.78, 5) is 4.51. The molecule has 1 heterocycles. The Kier molecular flexibility index (Phi) is 6.12. The van der Waals surface area contributed by atoms with Crippen LogP contribution in [0.4, 0.5) is 0 Å². The Bertz CT molecular complexity index is 677. The van der Waals surface area contributed by atoms with Crippen LogP contribution >= 0.6 is 11.6 Å². The molecular weight excluding hydrogens is 338 g/mol. The van der Waals surface area contributed by atoms with Crippen molar-refractivity contribution in [1.29, 1.82) is 0 Å². The van der Waals surface area contributed by atoms with Crippen LogP contribution in [0.2, 0.25) is 5.02 Å². The Balaban J connectivity index is 2.07. The minimum atomic E-state index is -2.92. The number of sulfone groups is 1. The number of aliphatic imine (C=N–C) groups is 1. The van der Waals surface area contributed by atoms with E-state index in [4.69, 9.17) is 16.3 Å². The first-order chi connectivity index (χ1) is 10.9. The third kappa shape index (κ3) is 5.28. The van der Waals surface area contributed by atoms with Gasteiger partial charge in [0.1, 0.15) is 5.75 Å². The number of halogens is 1. The molecule has 1 saturated heterocycles. The third-order valence-electron chi connectivity index (χ3n) is 3.57. The summed E-state index contributed by atoms with van der Waals surface area (Å²) in [7, 11) is -1.33. The molecule has 6 nitrogen and oxygen atoms in total. The number of nitrogens with one attached hydrogen (secondary N) is 2. The van der Waals surface area contributed by atoms with E-state index >= 15 is 0 Å². The number of methoxy groups -OCH3 is 1. The molecule has 1 unspecified atom stereocenters. The van der Waals surface area contributed by atoms with E-state index in [-0.39, 0.29) is 17.5 Å². The normalized spacial score (nSPS) is 20.3. The van der Waals surface area contributed by atoms with Crippen LogP contribution in [0.5, 0.6) is 5.75 Å². The Morgan fingerprint density at radius 1 is 1.48 bits per heavy atom. The predicted molar refractivity (Wildman–Crippen MR) is 93.0 cm³/mol. The second kappa shape index (κ2) is 7.88. The van der Waals surface area contributed by atoms with Crippen LogP contribution in [0.1, 0.15) is 18.9 Å². The van der Waals surface area contributed by atoms with Gasteiger partial charge in [-0.25, -0.2) is 13.4 Å². The molecule has 0 saturated carbocycles. The van der Waals surface area contributed by atoms with Gasteiger partial charge in [-0.2, -0.15) is 0 Å². The summed E-state index contributed by atoms with van der Waals surface area (Å²) in [6.45, 7) is 3.07. The van der Waals surface area contributed by atoms with E-state index in [2.05, 4.69) is 15.6 Å². The molecule has 1 aliphatic rings. The minimum absolute atomic E-state index is 0.0927. The van der Waals surface area contributed by atoms with E-state index in [1.165, 1.54) is 0 Å². The second-order valence-corrected chi connectivity index (χ2v) is 8.06. The first-order valence-electron chi connectivity index (χ1n) is 7.51. The molecule has 0 spiro atoms. The van der Waals surface area contributed by atoms with Crippen molar-refractivity contribution in [2.75, 3.05) is 25.2 Å². The molecule has 2 N–H and O–H groups in total. The van der Waals surface area contributed by atoms with Crippen molar-refractivity contribution in [3.05, 3.63) is 28.8 Å². The number of ether oxygens (including phenoxy) is 1. The van der Waals surface area contributed by atoms with Gasteiger partial charge < -0.3 is 15.4 Å². The fourth-order valence-corrected chi connectivity index (χ4v) is 4.27. The summed E-state index contributed by atoms with van der Waals surface area (Å²) in [5.74, 6) is 1.67. The molecule has 1 atom stereocenters. The molecule has 2 rings (SSSR count). The van der Waals surface area contributed by atoms with Gasteiger partial charge in [-0.1, -0.05) is 17.7 Å². The Hall–Kier alpha value is -1.47. The quantitative estimate of drug-likeness (QED) is 0.616. The lowest BCUT2D eigenvalue weighted by Crippen LogP contribution is -2.44. The van der Waals surface area contributed by atoms with Crippen LogP contribution in [-0.2, 0) is 16.4 Å². The molecule has 1 aliphatic heterocycles. The highest BCUT2D eigenvalue weighted by molar-refractivity contribution is 7.91. The van der Waals surface area contributed by atoms with Gasteiger partial charge in [0.25, 0.3) is 0 Å². The molecule has 0 amide bonds. The lowest BCUT2D eigenvalue weighted by atomic mass is 10.2. The number of nitrogens with zero attached hydrogens (tertiary/aromatic N) is 1. The van der Waals surface area contributed by atoms with E-state index in [0.29, 0.717) is 36.2 Å². The van der Waals surface area contributed by atoms with Crippen molar-refractivity contribution in [3.8, 4) is 5.75 Å². The van der Waals surface area contributed by atoms with Gasteiger partial charge in [0.05, 0.1) is 25.2 Å². The summed E-state index contributed by atoms with van der Waals surface area (Å²) < 4.78 is 28.4. The van der Waals surface area contributed by atoms with Gasteiger partial charge in [-0.3, -0.25) is 0 Å². The maximum Gasteiger partial charge on any atom is 0.191 e.